The Hall–Kier alpha value is -2.85. The molecule has 0 spiro atoms. The molecule has 1 aliphatic heterocycles. The number of aromatic nitrogens is 4. The molecular formula is C27H36ClN6O9PS. The van der Waals surface area contributed by atoms with Crippen molar-refractivity contribution in [1.29, 1.82) is 0 Å². The molecule has 15 nitrogen and oxygen atoms in total. The average molecular weight is 687 g/mol. The second kappa shape index (κ2) is 13.1. The molecule has 1 saturated heterocycles. The molecule has 1 aliphatic carbocycles. The molecule has 246 valence electrons. The first kappa shape index (κ1) is 33.5. The topological polar surface area (TPSA) is 184 Å². The van der Waals surface area contributed by atoms with Crippen LogP contribution in [0.15, 0.2) is 36.9 Å². The normalized spacial score (nSPS) is 24.4. The predicted molar refractivity (Wildman–Crippen MR) is 164 cm³/mol. The van der Waals surface area contributed by atoms with Gasteiger partial charge in [-0.15, -0.1) is 0 Å². The quantitative estimate of drug-likeness (QED) is 0.208. The van der Waals surface area contributed by atoms with Gasteiger partial charge >= 0.3 is 13.7 Å². The van der Waals surface area contributed by atoms with Crippen LogP contribution in [0.25, 0.3) is 11.2 Å². The van der Waals surface area contributed by atoms with Crippen molar-refractivity contribution >= 4 is 52.3 Å². The number of ether oxygens (including phenoxy) is 2. The molecular weight excluding hydrogens is 651 g/mol. The number of hydrogen-bond donors (Lipinski definition) is 2. The maximum absolute atomic E-state index is 14.0. The second-order valence-electron chi connectivity index (χ2n) is 11.5. The first-order valence-corrected chi connectivity index (χ1v) is 18.1. The Morgan fingerprint density at radius 1 is 1.27 bits per heavy atom. The number of carbonyl (C=O) groups excluding carboxylic acids is 1. The smallest absolute Gasteiger partial charge is 0.459 e. The van der Waals surface area contributed by atoms with Crippen LogP contribution in [0, 0.1) is 0 Å². The number of imidazole rings is 1. The Morgan fingerprint density at radius 2 is 1.96 bits per heavy atom. The molecule has 1 saturated carbocycles. The highest BCUT2D eigenvalue weighted by Gasteiger charge is 2.47. The van der Waals surface area contributed by atoms with E-state index in [0.717, 1.165) is 36.2 Å². The van der Waals surface area contributed by atoms with Gasteiger partial charge in [-0.3, -0.25) is 18.2 Å². The van der Waals surface area contributed by atoms with Crippen LogP contribution in [0.5, 0.6) is 5.75 Å². The number of sulfonamides is 1. The molecule has 0 bridgehead atoms. The fraction of sp³-hybridized carbons (Fsp3) is 0.556. The standard InChI is InChI=1S/C27H36ClN6O9PS/c1-17(25(35)41-19-7-5-6-8-19)32-44(37,43-20-11-9-18(28)10-12-20)40-14-21-13-27(2,36)26(42-21)34-16-31-22-23(29-15-30-24(22)34)33(3)45(4,38)39/h9-12,15-17,19,21,26,36H,5-8,13-14H2,1-4H3,(H,32,37)/t17?,21?,26?,27-,44?/m1/s1. The van der Waals surface area contributed by atoms with Crippen molar-refractivity contribution in [3.63, 3.8) is 0 Å². The van der Waals surface area contributed by atoms with E-state index < -0.39 is 47.7 Å². The number of rotatable bonds is 12. The van der Waals surface area contributed by atoms with Gasteiger partial charge in [-0.2, -0.15) is 5.09 Å². The van der Waals surface area contributed by atoms with Crippen molar-refractivity contribution in [2.24, 2.45) is 0 Å². The summed E-state index contributed by atoms with van der Waals surface area (Å²) in [4.78, 5) is 25.4. The summed E-state index contributed by atoms with van der Waals surface area (Å²) < 4.78 is 63.9. The van der Waals surface area contributed by atoms with Gasteiger partial charge in [0.05, 0.1) is 25.3 Å². The van der Waals surface area contributed by atoms with Crippen molar-refractivity contribution in [3.8, 4) is 5.75 Å². The molecule has 5 rings (SSSR count). The minimum atomic E-state index is -4.22. The third-order valence-electron chi connectivity index (χ3n) is 7.64. The Bertz CT molecular complexity index is 1680. The summed E-state index contributed by atoms with van der Waals surface area (Å²) in [5, 5.41) is 14.5. The molecule has 3 aromatic rings. The summed E-state index contributed by atoms with van der Waals surface area (Å²) in [6, 6.07) is 5.10. The van der Waals surface area contributed by atoms with E-state index in [4.69, 9.17) is 30.1 Å². The zero-order chi connectivity index (χ0) is 32.6. The predicted octanol–water partition coefficient (Wildman–Crippen LogP) is 3.58. The summed E-state index contributed by atoms with van der Waals surface area (Å²) in [7, 11) is -6.51. The summed E-state index contributed by atoms with van der Waals surface area (Å²) in [5.41, 5.74) is -1.05. The lowest BCUT2D eigenvalue weighted by Crippen LogP contribution is -2.37. The van der Waals surface area contributed by atoms with E-state index in [0.29, 0.717) is 5.02 Å². The van der Waals surface area contributed by atoms with Gasteiger partial charge in [0.25, 0.3) is 0 Å². The average Bonchev–Trinajstić information content (AvgIpc) is 3.71. The number of aliphatic hydroxyl groups is 1. The lowest BCUT2D eigenvalue weighted by atomic mass is 10.0. The van der Waals surface area contributed by atoms with Crippen molar-refractivity contribution < 1.29 is 41.4 Å². The fourth-order valence-corrected chi connectivity index (χ4v) is 7.36. The Kier molecular flexibility index (Phi) is 9.76. The van der Waals surface area contributed by atoms with Crippen LogP contribution in [0.3, 0.4) is 0 Å². The van der Waals surface area contributed by atoms with Crippen molar-refractivity contribution in [2.75, 3.05) is 24.2 Å². The van der Waals surface area contributed by atoms with E-state index in [1.54, 1.807) is 19.1 Å². The van der Waals surface area contributed by atoms with Gasteiger partial charge in [0.15, 0.2) is 23.2 Å². The molecule has 3 heterocycles. The minimum absolute atomic E-state index is 0.0543. The molecule has 5 atom stereocenters. The molecule has 4 unspecified atom stereocenters. The van der Waals surface area contributed by atoms with E-state index in [-0.39, 0.29) is 41.9 Å². The molecule has 1 aromatic carbocycles. The van der Waals surface area contributed by atoms with Crippen LogP contribution in [0.4, 0.5) is 5.82 Å². The van der Waals surface area contributed by atoms with Crippen molar-refractivity contribution in [3.05, 3.63) is 41.9 Å². The van der Waals surface area contributed by atoms with Gasteiger partial charge in [0, 0.05) is 18.5 Å². The highest BCUT2D eigenvalue weighted by molar-refractivity contribution is 7.92. The summed E-state index contributed by atoms with van der Waals surface area (Å²) >= 11 is 5.98. The number of benzene rings is 1. The minimum Gasteiger partial charge on any atom is -0.461 e. The number of fused-ring (bicyclic) bond motifs is 1. The summed E-state index contributed by atoms with van der Waals surface area (Å²) in [5.74, 6) is -0.339. The van der Waals surface area contributed by atoms with Gasteiger partial charge in [0.2, 0.25) is 10.0 Å². The van der Waals surface area contributed by atoms with Gasteiger partial charge in [0.1, 0.15) is 29.8 Å². The number of nitrogens with zero attached hydrogens (tertiary/aromatic N) is 5. The number of hydrogen-bond acceptors (Lipinski definition) is 12. The third kappa shape index (κ3) is 7.76. The van der Waals surface area contributed by atoms with Gasteiger partial charge < -0.3 is 19.1 Å². The number of carbonyl (C=O) groups is 1. The van der Waals surface area contributed by atoms with Gasteiger partial charge in [-0.05, 0) is 63.8 Å². The van der Waals surface area contributed by atoms with Crippen LogP contribution in [-0.4, -0.2) is 82.8 Å². The van der Waals surface area contributed by atoms with E-state index >= 15 is 0 Å². The van der Waals surface area contributed by atoms with Crippen LogP contribution >= 0.6 is 19.3 Å². The molecule has 2 aromatic heterocycles. The number of esters is 1. The lowest BCUT2D eigenvalue weighted by Gasteiger charge is -2.25. The highest BCUT2D eigenvalue weighted by Crippen LogP contribution is 2.47. The maximum atomic E-state index is 14.0. The van der Waals surface area contributed by atoms with Crippen molar-refractivity contribution in [1.82, 2.24) is 24.6 Å². The zero-order valence-corrected chi connectivity index (χ0v) is 27.7. The van der Waals surface area contributed by atoms with E-state index in [2.05, 4.69) is 20.0 Å². The largest absolute Gasteiger partial charge is 0.461 e. The Labute approximate surface area is 265 Å². The van der Waals surface area contributed by atoms with E-state index in [9.17, 15) is 22.9 Å². The molecule has 2 fully saturated rings. The maximum Gasteiger partial charge on any atom is 0.459 e. The van der Waals surface area contributed by atoms with Crippen LogP contribution < -0.4 is 13.9 Å². The third-order valence-corrected chi connectivity index (χ3v) is 10.7. The molecule has 18 heteroatoms. The molecule has 45 heavy (non-hydrogen) atoms. The number of nitrogens with one attached hydrogen (secondary N) is 1. The highest BCUT2D eigenvalue weighted by atomic mass is 35.5. The van der Waals surface area contributed by atoms with Crippen LogP contribution in [0.1, 0.15) is 52.2 Å². The molecule has 2 aliphatic rings. The van der Waals surface area contributed by atoms with E-state index in [1.807, 2.05) is 0 Å². The molecule has 0 amide bonds. The second-order valence-corrected chi connectivity index (χ2v) is 15.6. The fourth-order valence-electron chi connectivity index (χ4n) is 5.27. The summed E-state index contributed by atoms with van der Waals surface area (Å²) in [6.07, 6.45) is 5.18. The number of halogens is 1. The van der Waals surface area contributed by atoms with Crippen LogP contribution in [0.2, 0.25) is 5.02 Å². The Morgan fingerprint density at radius 3 is 2.62 bits per heavy atom. The first-order chi connectivity index (χ1) is 21.1. The van der Waals surface area contributed by atoms with E-state index in [1.165, 1.54) is 43.3 Å². The summed E-state index contributed by atoms with van der Waals surface area (Å²) in [6.45, 7) is 2.77. The van der Waals surface area contributed by atoms with Crippen molar-refractivity contribution in [2.45, 2.75) is 76.0 Å². The Balaban J connectivity index is 1.32. The number of anilines is 1. The van der Waals surface area contributed by atoms with Crippen LogP contribution in [-0.2, 0) is 33.4 Å². The molecule has 0 radical (unpaired) electrons. The van der Waals surface area contributed by atoms with Gasteiger partial charge in [-0.25, -0.2) is 27.9 Å². The van der Waals surface area contributed by atoms with Gasteiger partial charge in [-0.1, -0.05) is 11.6 Å². The monoisotopic (exact) mass is 686 g/mol. The zero-order valence-electron chi connectivity index (χ0n) is 25.2. The lowest BCUT2D eigenvalue weighted by molar-refractivity contribution is -0.150. The first-order valence-electron chi connectivity index (χ1n) is 14.3. The SMILES string of the molecule is CC(NP(=O)(OCC1C[C@@](C)(O)C(n2cnc3c(N(C)S(C)(=O)=O)ncnc32)O1)Oc1ccc(Cl)cc1)C(=O)OC1CCCC1. The molecule has 2 N–H and O–H groups in total.